The van der Waals surface area contributed by atoms with Gasteiger partial charge >= 0.3 is 0 Å². The number of aliphatic imine (C=N–C) groups is 1. The summed E-state index contributed by atoms with van der Waals surface area (Å²) in [6.07, 6.45) is 8.29. The molecule has 3 aromatic rings. The fraction of sp³-hybridized carbons (Fsp3) is 0.250. The maximum atomic E-state index is 9.59. The molecule has 0 saturated heterocycles. The second-order valence-electron chi connectivity index (χ2n) is 8.64. The lowest BCUT2D eigenvalue weighted by Crippen LogP contribution is -2.37. The molecule has 31 heavy (non-hydrogen) atoms. The van der Waals surface area contributed by atoms with Crippen molar-refractivity contribution in [1.29, 1.82) is 5.26 Å². The quantitative estimate of drug-likeness (QED) is 0.331. The van der Waals surface area contributed by atoms with Crippen LogP contribution in [-0.4, -0.2) is 5.71 Å². The lowest BCUT2D eigenvalue weighted by Gasteiger charge is -2.39. The molecule has 0 radical (unpaired) electrons. The van der Waals surface area contributed by atoms with Crippen LogP contribution < -0.4 is 0 Å². The third-order valence-electron chi connectivity index (χ3n) is 7.07. The Morgan fingerprint density at radius 3 is 2.16 bits per heavy atom. The third kappa shape index (κ3) is 3.43. The van der Waals surface area contributed by atoms with Crippen LogP contribution in [0.4, 0.5) is 5.69 Å². The molecule has 0 aromatic heterocycles. The molecule has 0 unspecified atom stereocenters. The summed E-state index contributed by atoms with van der Waals surface area (Å²) in [6.45, 7) is 7.32. The second kappa shape index (κ2) is 7.86. The average Bonchev–Trinajstić information content (AvgIpc) is 3.01. The van der Waals surface area contributed by atoms with Gasteiger partial charge in [-0.2, -0.15) is 10.3 Å². The number of nitrogens with zero attached hydrogens (tertiary/aromatic N) is 3. The number of rotatable bonds is 1. The molecule has 3 heteroatoms. The first-order chi connectivity index (χ1) is 15.2. The van der Waals surface area contributed by atoms with Gasteiger partial charge in [-0.05, 0) is 78.5 Å². The third-order valence-corrected chi connectivity index (χ3v) is 7.07. The van der Waals surface area contributed by atoms with Crippen molar-refractivity contribution in [2.75, 3.05) is 0 Å². The normalized spacial score (nSPS) is 17.8. The zero-order valence-corrected chi connectivity index (χ0v) is 17.4. The molecule has 150 valence electrons. The van der Waals surface area contributed by atoms with Crippen LogP contribution in [0.5, 0.6) is 0 Å². The van der Waals surface area contributed by atoms with E-state index in [0.717, 1.165) is 60.9 Å². The highest BCUT2D eigenvalue weighted by Crippen LogP contribution is 2.46. The van der Waals surface area contributed by atoms with Crippen molar-refractivity contribution in [3.63, 3.8) is 0 Å². The molecule has 5 rings (SSSR count). The SMILES string of the molecule is [C-]#[N+]c1cccc(-c2ccc3c(c2)C(=NC#N)C2(CCc4ccccc4CC2)CC3)c1. The number of nitriles is 1. The zero-order valence-electron chi connectivity index (χ0n) is 17.4. The molecule has 3 aromatic carbocycles. The summed E-state index contributed by atoms with van der Waals surface area (Å²) in [6, 6.07) is 23.0. The fourth-order valence-electron chi connectivity index (χ4n) is 5.36. The van der Waals surface area contributed by atoms with Crippen LogP contribution in [0, 0.1) is 23.4 Å². The van der Waals surface area contributed by atoms with Crippen LogP contribution in [0.1, 0.15) is 41.5 Å². The Bertz CT molecular complexity index is 1240. The highest BCUT2D eigenvalue weighted by molar-refractivity contribution is 6.08. The van der Waals surface area contributed by atoms with Gasteiger partial charge in [-0.3, -0.25) is 0 Å². The predicted molar refractivity (Wildman–Crippen MR) is 124 cm³/mol. The van der Waals surface area contributed by atoms with E-state index in [1.165, 1.54) is 16.7 Å². The number of hydrogen-bond donors (Lipinski definition) is 0. The van der Waals surface area contributed by atoms with Crippen molar-refractivity contribution in [2.24, 2.45) is 10.4 Å². The number of aryl methyl sites for hydroxylation is 3. The first kappa shape index (κ1) is 19.3. The van der Waals surface area contributed by atoms with Gasteiger partial charge in [-0.25, -0.2) is 4.85 Å². The first-order valence-electron chi connectivity index (χ1n) is 10.9. The Labute approximate surface area is 183 Å². The smallest absolute Gasteiger partial charge is 0.205 e. The summed E-state index contributed by atoms with van der Waals surface area (Å²) in [4.78, 5) is 8.02. The van der Waals surface area contributed by atoms with Gasteiger partial charge in [0.1, 0.15) is 0 Å². The van der Waals surface area contributed by atoms with Crippen LogP contribution >= 0.6 is 0 Å². The van der Waals surface area contributed by atoms with Crippen LogP contribution in [0.3, 0.4) is 0 Å². The standard InChI is InChI=1S/C28H23N3/c1-30-25-8-4-7-23(17-25)24-10-9-22-13-16-28(27(31-19-29)26(22)18-24)14-11-20-5-2-3-6-21(20)12-15-28/h2-10,17-18H,11-16H2. The summed E-state index contributed by atoms with van der Waals surface area (Å²) in [5.41, 5.74) is 8.91. The Kier molecular flexibility index (Phi) is 4.89. The predicted octanol–water partition coefficient (Wildman–Crippen LogP) is 6.69. The van der Waals surface area contributed by atoms with Crippen LogP contribution in [0.2, 0.25) is 0 Å². The van der Waals surface area contributed by atoms with Crippen LogP contribution in [0.25, 0.3) is 16.0 Å². The molecule has 0 aliphatic heterocycles. The molecule has 0 heterocycles. The molecular weight excluding hydrogens is 378 g/mol. The summed E-state index contributed by atoms with van der Waals surface area (Å²) >= 11 is 0. The Morgan fingerprint density at radius 2 is 1.48 bits per heavy atom. The number of hydrogen-bond acceptors (Lipinski definition) is 2. The molecule has 2 aliphatic carbocycles. The van der Waals surface area contributed by atoms with Gasteiger partial charge in [0.15, 0.2) is 5.69 Å². The van der Waals surface area contributed by atoms with E-state index in [1.54, 1.807) is 0 Å². The average molecular weight is 402 g/mol. The van der Waals surface area contributed by atoms with Gasteiger partial charge in [-0.15, -0.1) is 0 Å². The van der Waals surface area contributed by atoms with Crippen molar-refractivity contribution in [3.05, 3.63) is 100 Å². The molecule has 3 nitrogen and oxygen atoms in total. The molecule has 0 amide bonds. The van der Waals surface area contributed by atoms with Crippen LogP contribution in [-0.2, 0) is 19.3 Å². The van der Waals surface area contributed by atoms with E-state index in [0.29, 0.717) is 5.69 Å². The van der Waals surface area contributed by atoms with E-state index in [9.17, 15) is 5.26 Å². The number of fused-ring (bicyclic) bond motifs is 2. The van der Waals surface area contributed by atoms with Crippen molar-refractivity contribution < 1.29 is 0 Å². The fourth-order valence-corrected chi connectivity index (χ4v) is 5.36. The molecular formula is C28H23N3. The van der Waals surface area contributed by atoms with Gasteiger partial charge in [0.2, 0.25) is 6.19 Å². The van der Waals surface area contributed by atoms with Gasteiger partial charge in [0.05, 0.1) is 12.3 Å². The van der Waals surface area contributed by atoms with Crippen molar-refractivity contribution in [1.82, 2.24) is 0 Å². The first-order valence-corrected chi connectivity index (χ1v) is 10.9. The maximum absolute atomic E-state index is 9.59. The number of benzene rings is 3. The lowest BCUT2D eigenvalue weighted by atomic mass is 9.65. The van der Waals surface area contributed by atoms with Crippen molar-refractivity contribution in [3.8, 4) is 17.3 Å². The molecule has 0 bridgehead atoms. The monoisotopic (exact) mass is 401 g/mol. The molecule has 0 fully saturated rings. The lowest BCUT2D eigenvalue weighted by molar-refractivity contribution is 0.331. The molecule has 0 atom stereocenters. The molecule has 0 N–H and O–H groups in total. The van der Waals surface area contributed by atoms with Crippen molar-refractivity contribution >= 4 is 11.4 Å². The Balaban J connectivity index is 1.58. The van der Waals surface area contributed by atoms with E-state index in [2.05, 4.69) is 58.5 Å². The van der Waals surface area contributed by atoms with E-state index in [4.69, 9.17) is 6.57 Å². The highest BCUT2D eigenvalue weighted by atomic mass is 14.8. The summed E-state index contributed by atoms with van der Waals surface area (Å²) in [7, 11) is 0. The molecule has 1 spiro atoms. The van der Waals surface area contributed by atoms with Gasteiger partial charge in [0.25, 0.3) is 0 Å². The summed E-state index contributed by atoms with van der Waals surface area (Å²) in [5.74, 6) is 0. The maximum Gasteiger partial charge on any atom is 0.205 e. The van der Waals surface area contributed by atoms with E-state index in [1.807, 2.05) is 24.3 Å². The van der Waals surface area contributed by atoms with Gasteiger partial charge in [0, 0.05) is 11.0 Å². The summed E-state index contributed by atoms with van der Waals surface area (Å²) < 4.78 is 0. The zero-order chi connectivity index (χ0) is 21.3. The Hall–Kier alpha value is -3.69. The van der Waals surface area contributed by atoms with Crippen LogP contribution in [0.15, 0.2) is 71.7 Å². The van der Waals surface area contributed by atoms with Gasteiger partial charge < -0.3 is 0 Å². The van der Waals surface area contributed by atoms with Crippen molar-refractivity contribution in [2.45, 2.75) is 38.5 Å². The second-order valence-corrected chi connectivity index (χ2v) is 8.64. The minimum Gasteiger partial charge on any atom is -0.238 e. The Morgan fingerprint density at radius 1 is 0.806 bits per heavy atom. The largest absolute Gasteiger partial charge is 0.238 e. The topological polar surface area (TPSA) is 40.5 Å². The van der Waals surface area contributed by atoms with E-state index < -0.39 is 0 Å². The minimum absolute atomic E-state index is 0.0568. The summed E-state index contributed by atoms with van der Waals surface area (Å²) in [5, 5.41) is 9.59. The van der Waals surface area contributed by atoms with Gasteiger partial charge in [-0.1, -0.05) is 54.6 Å². The minimum atomic E-state index is -0.0568. The molecule has 0 saturated carbocycles. The van der Waals surface area contributed by atoms with E-state index >= 15 is 0 Å². The van der Waals surface area contributed by atoms with E-state index in [-0.39, 0.29) is 5.41 Å². The highest BCUT2D eigenvalue weighted by Gasteiger charge is 2.41. The molecule has 2 aliphatic rings.